The van der Waals surface area contributed by atoms with Crippen molar-refractivity contribution in [2.24, 2.45) is 0 Å². The number of carbonyl (C=O) groups is 2. The molecule has 11 heteroatoms. The van der Waals surface area contributed by atoms with Crippen LogP contribution < -0.4 is 0 Å². The minimum absolute atomic E-state index is 0.143. The molecule has 6 nitrogen and oxygen atoms in total. The van der Waals surface area contributed by atoms with Crippen LogP contribution in [0.2, 0.25) is 5.02 Å². The van der Waals surface area contributed by atoms with Gasteiger partial charge in [0, 0.05) is 18.5 Å². The molecule has 162 valence electrons. The molecule has 1 aliphatic heterocycles. The lowest BCUT2D eigenvalue weighted by Crippen LogP contribution is -2.40. The molecular formula is C19H18ClF3IN3O3. The first-order valence-corrected chi connectivity index (χ1v) is 10.4. The third kappa shape index (κ3) is 4.58. The third-order valence-electron chi connectivity index (χ3n) is 4.39. The predicted molar refractivity (Wildman–Crippen MR) is 111 cm³/mol. The van der Waals surface area contributed by atoms with E-state index in [1.807, 2.05) is 22.6 Å². The van der Waals surface area contributed by atoms with Crippen molar-refractivity contribution in [2.75, 3.05) is 6.54 Å². The summed E-state index contributed by atoms with van der Waals surface area (Å²) in [5, 5.41) is 3.84. The topological polar surface area (TPSA) is 64.4 Å². The molecule has 2 heterocycles. The van der Waals surface area contributed by atoms with Gasteiger partial charge in [0.2, 0.25) is 0 Å². The molecule has 0 saturated heterocycles. The van der Waals surface area contributed by atoms with Crippen molar-refractivity contribution in [1.29, 1.82) is 0 Å². The fourth-order valence-electron chi connectivity index (χ4n) is 3.11. The van der Waals surface area contributed by atoms with Crippen molar-refractivity contribution >= 4 is 46.2 Å². The second-order valence-electron chi connectivity index (χ2n) is 7.75. The van der Waals surface area contributed by atoms with Crippen molar-refractivity contribution in [1.82, 2.24) is 14.7 Å². The Morgan fingerprint density at radius 1 is 1.23 bits per heavy atom. The summed E-state index contributed by atoms with van der Waals surface area (Å²) >= 11 is 7.86. The lowest BCUT2D eigenvalue weighted by Gasteiger charge is -2.30. The van der Waals surface area contributed by atoms with Crippen LogP contribution in [0.3, 0.4) is 0 Å². The van der Waals surface area contributed by atoms with Crippen LogP contribution in [-0.2, 0) is 23.9 Å². The van der Waals surface area contributed by atoms with E-state index >= 15 is 0 Å². The molecule has 0 saturated carbocycles. The molecule has 1 amide bonds. The summed E-state index contributed by atoms with van der Waals surface area (Å²) < 4.78 is 47.0. The summed E-state index contributed by atoms with van der Waals surface area (Å²) in [5.74, 6) is -0.960. The van der Waals surface area contributed by atoms with Crippen LogP contribution in [0.1, 0.15) is 48.0 Å². The Bertz CT molecular complexity index is 1010. The zero-order valence-electron chi connectivity index (χ0n) is 16.3. The number of fused-ring (bicyclic) bond motifs is 1. The molecular weight excluding hydrogens is 538 g/mol. The SMILES string of the molecule is CC(C)(C)OC(=O)N1CCc2c(c(I)nn2C(=O)c2c(Cl)cccc2C(F)(F)F)C1. The van der Waals surface area contributed by atoms with Crippen LogP contribution >= 0.6 is 34.2 Å². The van der Waals surface area contributed by atoms with Crippen LogP contribution in [0.4, 0.5) is 18.0 Å². The summed E-state index contributed by atoms with van der Waals surface area (Å²) in [6.45, 7) is 5.64. The Morgan fingerprint density at radius 3 is 2.50 bits per heavy atom. The molecule has 0 radical (unpaired) electrons. The number of amides is 1. The first kappa shape index (κ1) is 22.9. The van der Waals surface area contributed by atoms with E-state index in [-0.39, 0.29) is 24.5 Å². The molecule has 1 aromatic carbocycles. The maximum Gasteiger partial charge on any atom is 0.417 e. The molecule has 0 spiro atoms. The standard InChI is InChI=1S/C19H18ClF3IN3O3/c1-18(2,3)30-17(29)26-8-7-13-10(9-26)15(24)25-27(13)16(28)14-11(19(21,22)23)5-4-6-12(14)20/h4-6H,7-9H2,1-3H3. The van der Waals surface area contributed by atoms with Crippen molar-refractivity contribution in [2.45, 2.75) is 45.5 Å². The van der Waals surface area contributed by atoms with E-state index in [9.17, 15) is 22.8 Å². The van der Waals surface area contributed by atoms with Crippen LogP contribution in [0.25, 0.3) is 0 Å². The number of nitrogens with zero attached hydrogens (tertiary/aromatic N) is 3. The van der Waals surface area contributed by atoms with Gasteiger partial charge in [-0.3, -0.25) is 4.79 Å². The average molecular weight is 556 g/mol. The zero-order valence-corrected chi connectivity index (χ0v) is 19.2. The number of halogens is 5. The number of rotatable bonds is 1. The number of hydrogen-bond donors (Lipinski definition) is 0. The van der Waals surface area contributed by atoms with Crippen LogP contribution in [-0.4, -0.2) is 38.8 Å². The Hall–Kier alpha value is -1.82. The molecule has 0 bridgehead atoms. The number of carbonyl (C=O) groups excluding carboxylic acids is 2. The lowest BCUT2D eigenvalue weighted by molar-refractivity contribution is -0.137. The molecule has 2 aromatic rings. The maximum atomic E-state index is 13.4. The maximum absolute atomic E-state index is 13.4. The van der Waals surface area contributed by atoms with Gasteiger partial charge in [-0.2, -0.15) is 23.0 Å². The fourth-order valence-corrected chi connectivity index (χ4v) is 4.07. The number of benzene rings is 1. The summed E-state index contributed by atoms with van der Waals surface area (Å²) in [6.07, 6.45) is -5.01. The lowest BCUT2D eigenvalue weighted by atomic mass is 10.0. The van der Waals surface area contributed by atoms with E-state index in [2.05, 4.69) is 5.10 Å². The Balaban J connectivity index is 1.97. The van der Waals surface area contributed by atoms with Crippen LogP contribution in [0, 0.1) is 3.70 Å². The van der Waals surface area contributed by atoms with Crippen molar-refractivity contribution in [3.63, 3.8) is 0 Å². The van der Waals surface area contributed by atoms with Crippen molar-refractivity contribution in [3.8, 4) is 0 Å². The van der Waals surface area contributed by atoms with Gasteiger partial charge in [-0.15, -0.1) is 0 Å². The summed E-state index contributed by atoms with van der Waals surface area (Å²) in [5.41, 5.74) is -1.38. The van der Waals surface area contributed by atoms with Gasteiger partial charge < -0.3 is 9.64 Å². The van der Waals surface area contributed by atoms with Crippen LogP contribution in [0.15, 0.2) is 18.2 Å². The molecule has 1 aliphatic rings. The first-order valence-electron chi connectivity index (χ1n) is 8.94. The second-order valence-corrected chi connectivity index (χ2v) is 9.17. The smallest absolute Gasteiger partial charge is 0.417 e. The van der Waals surface area contributed by atoms with E-state index in [0.717, 1.165) is 16.8 Å². The van der Waals surface area contributed by atoms with Crippen molar-refractivity contribution < 1.29 is 27.5 Å². The normalized spacial score (nSPS) is 14.5. The first-order chi connectivity index (χ1) is 13.8. The van der Waals surface area contributed by atoms with Gasteiger partial charge in [-0.1, -0.05) is 17.7 Å². The van der Waals surface area contributed by atoms with Gasteiger partial charge in [-0.25, -0.2) is 4.79 Å². The summed E-state index contributed by atoms with van der Waals surface area (Å²) in [4.78, 5) is 26.9. The van der Waals surface area contributed by atoms with E-state index < -0.39 is 34.9 Å². The van der Waals surface area contributed by atoms with E-state index in [0.29, 0.717) is 15.0 Å². The van der Waals surface area contributed by atoms with Crippen LogP contribution in [0.5, 0.6) is 0 Å². The van der Waals surface area contributed by atoms with E-state index in [4.69, 9.17) is 16.3 Å². The number of alkyl halides is 3. The van der Waals surface area contributed by atoms with Gasteiger partial charge in [-0.05, 0) is 55.5 Å². The largest absolute Gasteiger partial charge is 0.444 e. The fraction of sp³-hybridized carbons (Fsp3) is 0.421. The average Bonchev–Trinajstić information content (AvgIpc) is 2.95. The summed E-state index contributed by atoms with van der Waals surface area (Å²) in [7, 11) is 0. The molecule has 30 heavy (non-hydrogen) atoms. The Labute approximate surface area is 189 Å². The molecule has 3 rings (SSSR count). The quantitative estimate of drug-likeness (QED) is 0.457. The van der Waals surface area contributed by atoms with Crippen molar-refractivity contribution in [3.05, 3.63) is 49.3 Å². The minimum atomic E-state index is -4.75. The van der Waals surface area contributed by atoms with Gasteiger partial charge in [0.1, 0.15) is 9.30 Å². The number of ether oxygens (including phenoxy) is 1. The Morgan fingerprint density at radius 2 is 1.90 bits per heavy atom. The van der Waals surface area contributed by atoms with Gasteiger partial charge in [0.05, 0.1) is 28.4 Å². The Kier molecular flexibility index (Phi) is 6.11. The highest BCUT2D eigenvalue weighted by Crippen LogP contribution is 2.36. The van der Waals surface area contributed by atoms with Gasteiger partial charge >= 0.3 is 12.3 Å². The molecule has 0 unspecified atom stereocenters. The predicted octanol–water partition coefficient (Wildman–Crippen LogP) is 5.14. The highest BCUT2D eigenvalue weighted by Gasteiger charge is 2.38. The molecule has 0 N–H and O–H groups in total. The molecule has 1 aromatic heterocycles. The molecule has 0 aliphatic carbocycles. The highest BCUT2D eigenvalue weighted by atomic mass is 127. The van der Waals surface area contributed by atoms with Gasteiger partial charge in [0.15, 0.2) is 0 Å². The monoisotopic (exact) mass is 555 g/mol. The zero-order chi connectivity index (χ0) is 22.4. The van der Waals surface area contributed by atoms with E-state index in [1.54, 1.807) is 20.8 Å². The second kappa shape index (κ2) is 8.03. The minimum Gasteiger partial charge on any atom is -0.444 e. The number of aromatic nitrogens is 2. The highest BCUT2D eigenvalue weighted by molar-refractivity contribution is 14.1. The number of hydrogen-bond acceptors (Lipinski definition) is 4. The summed E-state index contributed by atoms with van der Waals surface area (Å²) in [6, 6.07) is 3.18. The van der Waals surface area contributed by atoms with Gasteiger partial charge in [0.25, 0.3) is 5.91 Å². The third-order valence-corrected chi connectivity index (χ3v) is 5.57. The molecule has 0 atom stereocenters. The molecule has 0 fully saturated rings. The van der Waals surface area contributed by atoms with E-state index in [1.165, 1.54) is 11.0 Å².